The molecule has 0 saturated heterocycles. The van der Waals surface area contributed by atoms with E-state index in [1.54, 1.807) is 12.3 Å². The SMILES string of the molecule is N#CC1(C2=CC(C(O)O)CC=N2)CC1. The Bertz CT molecular complexity index is 335. The molecule has 74 valence electrons. The van der Waals surface area contributed by atoms with Crippen LogP contribution in [0.25, 0.3) is 0 Å². The Kier molecular flexibility index (Phi) is 2.14. The van der Waals surface area contributed by atoms with Gasteiger partial charge in [0.05, 0.1) is 17.2 Å². The first-order chi connectivity index (χ1) is 6.68. The van der Waals surface area contributed by atoms with Crippen molar-refractivity contribution in [3.05, 3.63) is 11.8 Å². The van der Waals surface area contributed by atoms with E-state index in [2.05, 4.69) is 11.1 Å². The number of nitriles is 1. The van der Waals surface area contributed by atoms with Gasteiger partial charge in [0.2, 0.25) is 0 Å². The summed E-state index contributed by atoms with van der Waals surface area (Å²) in [5.41, 5.74) is 0.286. The van der Waals surface area contributed by atoms with E-state index in [1.807, 2.05) is 0 Å². The van der Waals surface area contributed by atoms with E-state index in [-0.39, 0.29) is 5.92 Å². The van der Waals surface area contributed by atoms with Gasteiger partial charge in [-0.25, -0.2) is 0 Å². The van der Waals surface area contributed by atoms with Crippen molar-refractivity contribution in [2.45, 2.75) is 25.6 Å². The highest BCUT2D eigenvalue weighted by molar-refractivity contribution is 5.62. The average Bonchev–Trinajstić information content (AvgIpc) is 2.98. The number of nitrogens with zero attached hydrogens (tertiary/aromatic N) is 2. The fourth-order valence-corrected chi connectivity index (χ4v) is 1.63. The highest BCUT2D eigenvalue weighted by atomic mass is 16.5. The summed E-state index contributed by atoms with van der Waals surface area (Å²) in [6.45, 7) is 0. The van der Waals surface area contributed by atoms with Crippen molar-refractivity contribution in [3.63, 3.8) is 0 Å². The van der Waals surface area contributed by atoms with Gasteiger partial charge in [0, 0.05) is 12.1 Å². The van der Waals surface area contributed by atoms with E-state index >= 15 is 0 Å². The summed E-state index contributed by atoms with van der Waals surface area (Å²) in [6.07, 6.45) is 4.23. The molecule has 1 unspecified atom stereocenters. The number of hydrogen-bond acceptors (Lipinski definition) is 4. The minimum atomic E-state index is -1.36. The van der Waals surface area contributed by atoms with Crippen LogP contribution in [-0.4, -0.2) is 22.7 Å². The molecule has 1 aliphatic carbocycles. The van der Waals surface area contributed by atoms with Crippen molar-refractivity contribution in [3.8, 4) is 6.07 Å². The largest absolute Gasteiger partial charge is 0.368 e. The van der Waals surface area contributed by atoms with Crippen LogP contribution in [0.15, 0.2) is 16.8 Å². The average molecular weight is 192 g/mol. The Labute approximate surface area is 82.2 Å². The molecule has 2 aliphatic rings. The van der Waals surface area contributed by atoms with Crippen LogP contribution in [0, 0.1) is 22.7 Å². The monoisotopic (exact) mass is 192 g/mol. The van der Waals surface area contributed by atoms with E-state index in [1.165, 1.54) is 0 Å². The van der Waals surface area contributed by atoms with E-state index in [4.69, 9.17) is 15.5 Å². The van der Waals surface area contributed by atoms with Crippen LogP contribution >= 0.6 is 0 Å². The topological polar surface area (TPSA) is 76.6 Å². The van der Waals surface area contributed by atoms with Gasteiger partial charge in [-0.2, -0.15) is 5.26 Å². The van der Waals surface area contributed by atoms with E-state index < -0.39 is 11.7 Å². The summed E-state index contributed by atoms with van der Waals surface area (Å²) in [6, 6.07) is 2.24. The van der Waals surface area contributed by atoms with E-state index in [0.29, 0.717) is 12.1 Å². The van der Waals surface area contributed by atoms with Crippen molar-refractivity contribution in [2.75, 3.05) is 0 Å². The van der Waals surface area contributed by atoms with Crippen molar-refractivity contribution in [1.29, 1.82) is 5.26 Å². The Morgan fingerprint density at radius 1 is 1.57 bits per heavy atom. The normalized spacial score (nSPS) is 28.4. The van der Waals surface area contributed by atoms with Crippen LogP contribution in [0.3, 0.4) is 0 Å². The van der Waals surface area contributed by atoms with Crippen molar-refractivity contribution in [2.24, 2.45) is 16.3 Å². The smallest absolute Gasteiger partial charge is 0.158 e. The highest BCUT2D eigenvalue weighted by Crippen LogP contribution is 2.52. The van der Waals surface area contributed by atoms with Crippen molar-refractivity contribution < 1.29 is 10.2 Å². The lowest BCUT2D eigenvalue weighted by atomic mass is 9.95. The molecule has 4 heteroatoms. The first-order valence-corrected chi connectivity index (χ1v) is 4.70. The van der Waals surface area contributed by atoms with Gasteiger partial charge in [-0.15, -0.1) is 0 Å². The Morgan fingerprint density at radius 2 is 2.29 bits per heavy atom. The molecule has 0 aromatic heterocycles. The van der Waals surface area contributed by atoms with Crippen LogP contribution in [-0.2, 0) is 0 Å². The molecule has 1 saturated carbocycles. The second-order valence-corrected chi connectivity index (χ2v) is 3.87. The molecule has 4 nitrogen and oxygen atoms in total. The predicted molar refractivity (Wildman–Crippen MR) is 50.2 cm³/mol. The third-order valence-electron chi connectivity index (χ3n) is 2.82. The molecule has 0 aromatic carbocycles. The van der Waals surface area contributed by atoms with E-state index in [9.17, 15) is 0 Å². The first-order valence-electron chi connectivity index (χ1n) is 4.70. The second kappa shape index (κ2) is 3.19. The minimum Gasteiger partial charge on any atom is -0.368 e. The molecule has 2 N–H and O–H groups in total. The highest BCUT2D eigenvalue weighted by Gasteiger charge is 2.47. The Morgan fingerprint density at radius 3 is 2.79 bits per heavy atom. The quantitative estimate of drug-likeness (QED) is 0.628. The standard InChI is InChI=1S/C10H12N2O2/c11-6-10(2-3-10)8-5-7(9(13)14)1-4-12-8/h4-5,7,9,13-14H,1-3H2. The molecule has 0 aromatic rings. The third-order valence-corrected chi connectivity index (χ3v) is 2.82. The molecule has 1 atom stereocenters. The van der Waals surface area contributed by atoms with Crippen LogP contribution in [0.5, 0.6) is 0 Å². The van der Waals surface area contributed by atoms with Crippen LogP contribution in [0.1, 0.15) is 19.3 Å². The molecule has 1 aliphatic heterocycles. The van der Waals surface area contributed by atoms with Crippen molar-refractivity contribution in [1.82, 2.24) is 0 Å². The number of aliphatic hydroxyl groups is 2. The summed E-state index contributed by atoms with van der Waals surface area (Å²) in [5.74, 6) is -0.312. The summed E-state index contributed by atoms with van der Waals surface area (Å²) in [4.78, 5) is 4.16. The number of rotatable bonds is 2. The van der Waals surface area contributed by atoms with Gasteiger partial charge in [-0.3, -0.25) is 4.99 Å². The van der Waals surface area contributed by atoms with Gasteiger partial charge >= 0.3 is 0 Å². The van der Waals surface area contributed by atoms with Crippen LogP contribution in [0.2, 0.25) is 0 Å². The van der Waals surface area contributed by atoms with Crippen molar-refractivity contribution >= 4 is 6.21 Å². The summed E-state index contributed by atoms with van der Waals surface area (Å²) in [7, 11) is 0. The molecule has 14 heavy (non-hydrogen) atoms. The number of aliphatic hydroxyl groups excluding tert-OH is 1. The van der Waals surface area contributed by atoms with Crippen LogP contribution < -0.4 is 0 Å². The van der Waals surface area contributed by atoms with Crippen LogP contribution in [0.4, 0.5) is 0 Å². The molecule has 2 rings (SSSR count). The second-order valence-electron chi connectivity index (χ2n) is 3.87. The maximum Gasteiger partial charge on any atom is 0.158 e. The Hall–Kier alpha value is -1.18. The number of hydrogen-bond donors (Lipinski definition) is 2. The van der Waals surface area contributed by atoms with E-state index in [0.717, 1.165) is 12.8 Å². The van der Waals surface area contributed by atoms with Gasteiger partial charge < -0.3 is 10.2 Å². The van der Waals surface area contributed by atoms with Gasteiger partial charge in [0.1, 0.15) is 0 Å². The number of allylic oxidation sites excluding steroid dienone is 1. The summed E-state index contributed by atoms with van der Waals surface area (Å²) < 4.78 is 0. The molecule has 1 heterocycles. The van der Waals surface area contributed by atoms with Gasteiger partial charge in [-0.1, -0.05) is 6.08 Å². The van der Waals surface area contributed by atoms with Gasteiger partial charge in [0.15, 0.2) is 6.29 Å². The number of aliphatic imine (C=N–C) groups is 1. The Balaban J connectivity index is 2.20. The zero-order valence-electron chi connectivity index (χ0n) is 7.72. The summed E-state index contributed by atoms with van der Waals surface area (Å²) in [5, 5.41) is 27.0. The lowest BCUT2D eigenvalue weighted by molar-refractivity contribution is -0.0684. The fourth-order valence-electron chi connectivity index (χ4n) is 1.63. The van der Waals surface area contributed by atoms with Gasteiger partial charge in [0.25, 0.3) is 0 Å². The third kappa shape index (κ3) is 1.45. The predicted octanol–water partition coefficient (Wildman–Crippen LogP) is 0.575. The molecule has 0 spiro atoms. The molecular formula is C10H12N2O2. The zero-order chi connectivity index (χ0) is 10.2. The summed E-state index contributed by atoms with van der Waals surface area (Å²) >= 11 is 0. The zero-order valence-corrected chi connectivity index (χ0v) is 7.72. The molecule has 0 radical (unpaired) electrons. The molecule has 0 amide bonds. The first kappa shape index (κ1) is 9.38. The lowest BCUT2D eigenvalue weighted by Gasteiger charge is -2.19. The lowest BCUT2D eigenvalue weighted by Crippen LogP contribution is -2.21. The molecular weight excluding hydrogens is 180 g/mol. The minimum absolute atomic E-state index is 0.312. The fraction of sp³-hybridized carbons (Fsp3) is 0.600. The molecule has 0 bridgehead atoms. The van der Waals surface area contributed by atoms with Gasteiger partial charge in [-0.05, 0) is 19.3 Å². The molecule has 1 fully saturated rings. The maximum atomic E-state index is 9.02. The maximum absolute atomic E-state index is 9.02.